The van der Waals surface area contributed by atoms with Crippen LogP contribution in [0.5, 0.6) is 5.75 Å². The highest BCUT2D eigenvalue weighted by molar-refractivity contribution is 5.30. The first-order valence-electron chi connectivity index (χ1n) is 14.0. The molecule has 9 heteroatoms. The molecular weight excluding hydrogens is 537 g/mol. The maximum absolute atomic E-state index is 14.9. The molecule has 2 aliphatic rings. The summed E-state index contributed by atoms with van der Waals surface area (Å²) in [6, 6.07) is 6.01. The number of halogens is 7. The van der Waals surface area contributed by atoms with Gasteiger partial charge in [0.2, 0.25) is 0 Å². The van der Waals surface area contributed by atoms with Gasteiger partial charge in [0, 0.05) is 12.1 Å². The standard InChI is InChI=1S/C31H35F7O2/c1-2-3-4-5-20-6-12-23(13-7-20)30(35,36)39-25-16-10-22(11-17-25)21-8-14-24(15-9-21)31(37,38)40-26-18-27(32)29(34)28(33)19-26/h2-3,8-9,14-15,18-20,22-23,25H,4-7,10-13,16-17H2,1H3. The van der Waals surface area contributed by atoms with Crippen molar-refractivity contribution in [1.82, 2.24) is 0 Å². The first-order chi connectivity index (χ1) is 19.0. The van der Waals surface area contributed by atoms with Crippen molar-refractivity contribution in [3.63, 3.8) is 0 Å². The Kier molecular flexibility index (Phi) is 9.85. The predicted octanol–water partition coefficient (Wildman–Crippen LogP) is 10.0. The molecule has 0 aliphatic heterocycles. The molecule has 2 aromatic carbocycles. The van der Waals surface area contributed by atoms with Crippen molar-refractivity contribution in [2.75, 3.05) is 0 Å². The lowest BCUT2D eigenvalue weighted by molar-refractivity contribution is -0.301. The van der Waals surface area contributed by atoms with E-state index < -0.39 is 53.0 Å². The number of allylic oxidation sites excluding steroid dienone is 2. The van der Waals surface area contributed by atoms with Crippen LogP contribution in [0.15, 0.2) is 48.6 Å². The van der Waals surface area contributed by atoms with E-state index in [1.165, 1.54) is 12.1 Å². The third kappa shape index (κ3) is 7.59. The van der Waals surface area contributed by atoms with Crippen molar-refractivity contribution in [3.8, 4) is 5.75 Å². The summed E-state index contributed by atoms with van der Waals surface area (Å²) in [6.45, 7) is 1.98. The van der Waals surface area contributed by atoms with E-state index in [4.69, 9.17) is 4.74 Å². The minimum atomic E-state index is -3.92. The Labute approximate surface area is 230 Å². The normalized spacial score (nSPS) is 24.4. The highest BCUT2D eigenvalue weighted by Crippen LogP contribution is 2.44. The summed E-state index contributed by atoms with van der Waals surface area (Å²) in [5.41, 5.74) is 0.231. The molecule has 2 aliphatic carbocycles. The van der Waals surface area contributed by atoms with E-state index >= 15 is 0 Å². The largest absolute Gasteiger partial charge is 0.429 e. The second kappa shape index (κ2) is 13.0. The van der Waals surface area contributed by atoms with E-state index in [0.717, 1.165) is 43.4 Å². The van der Waals surface area contributed by atoms with Crippen LogP contribution < -0.4 is 4.74 Å². The van der Waals surface area contributed by atoms with E-state index in [1.54, 1.807) is 0 Å². The fourth-order valence-electron chi connectivity index (χ4n) is 5.87. The van der Waals surface area contributed by atoms with Crippen molar-refractivity contribution in [2.45, 2.75) is 95.4 Å². The van der Waals surface area contributed by atoms with Gasteiger partial charge in [-0.05, 0) is 101 Å². The first-order valence-corrected chi connectivity index (χ1v) is 14.0. The Hall–Kier alpha value is -2.55. The molecule has 220 valence electrons. The summed E-state index contributed by atoms with van der Waals surface area (Å²) in [6.07, 6.45) is 3.10. The summed E-state index contributed by atoms with van der Waals surface area (Å²) in [5.74, 6) is -6.17. The van der Waals surface area contributed by atoms with Gasteiger partial charge in [-0.1, -0.05) is 24.3 Å². The van der Waals surface area contributed by atoms with E-state index in [0.29, 0.717) is 56.6 Å². The lowest BCUT2D eigenvalue weighted by Gasteiger charge is -2.37. The molecule has 2 fully saturated rings. The van der Waals surface area contributed by atoms with Crippen molar-refractivity contribution in [1.29, 1.82) is 0 Å². The Balaban J connectivity index is 1.27. The lowest BCUT2D eigenvalue weighted by atomic mass is 9.79. The van der Waals surface area contributed by atoms with Crippen LogP contribution >= 0.6 is 0 Å². The Morgan fingerprint density at radius 2 is 1.43 bits per heavy atom. The molecule has 2 saturated carbocycles. The number of hydrogen-bond acceptors (Lipinski definition) is 2. The fourth-order valence-corrected chi connectivity index (χ4v) is 5.87. The van der Waals surface area contributed by atoms with Gasteiger partial charge in [0.1, 0.15) is 5.75 Å². The highest BCUT2D eigenvalue weighted by atomic mass is 19.3. The Morgan fingerprint density at radius 1 is 0.825 bits per heavy atom. The van der Waals surface area contributed by atoms with Gasteiger partial charge in [0.25, 0.3) is 0 Å². The molecule has 0 N–H and O–H groups in total. The third-order valence-corrected chi connectivity index (χ3v) is 8.22. The monoisotopic (exact) mass is 572 g/mol. The maximum Gasteiger partial charge on any atom is 0.426 e. The molecule has 0 spiro atoms. The number of alkyl halides is 4. The smallest absolute Gasteiger partial charge is 0.426 e. The minimum Gasteiger partial charge on any atom is -0.429 e. The van der Waals surface area contributed by atoms with Gasteiger partial charge in [-0.2, -0.15) is 17.6 Å². The van der Waals surface area contributed by atoms with Crippen molar-refractivity contribution >= 4 is 0 Å². The summed E-state index contributed by atoms with van der Waals surface area (Å²) >= 11 is 0. The van der Waals surface area contributed by atoms with Crippen LogP contribution in [0.2, 0.25) is 0 Å². The van der Waals surface area contributed by atoms with Gasteiger partial charge in [0.15, 0.2) is 17.5 Å². The van der Waals surface area contributed by atoms with Crippen molar-refractivity contribution in [2.24, 2.45) is 11.8 Å². The number of rotatable bonds is 10. The van der Waals surface area contributed by atoms with E-state index in [2.05, 4.69) is 10.8 Å². The van der Waals surface area contributed by atoms with E-state index in [-0.39, 0.29) is 5.92 Å². The van der Waals surface area contributed by atoms with Crippen LogP contribution in [0.3, 0.4) is 0 Å². The molecule has 0 unspecified atom stereocenters. The number of hydrogen-bond donors (Lipinski definition) is 0. The van der Waals surface area contributed by atoms with Gasteiger partial charge in [-0.25, -0.2) is 13.2 Å². The highest BCUT2D eigenvalue weighted by Gasteiger charge is 2.45. The average Bonchev–Trinajstić information content (AvgIpc) is 2.92. The summed E-state index contributed by atoms with van der Waals surface area (Å²) in [4.78, 5) is 0. The van der Waals surface area contributed by atoms with Gasteiger partial charge in [-0.15, -0.1) is 0 Å². The summed E-state index contributed by atoms with van der Waals surface area (Å²) < 4.78 is 109. The van der Waals surface area contributed by atoms with Crippen molar-refractivity contribution < 1.29 is 40.2 Å². The van der Waals surface area contributed by atoms with Crippen LogP contribution in [0, 0.1) is 29.3 Å². The maximum atomic E-state index is 14.9. The summed E-state index contributed by atoms with van der Waals surface area (Å²) in [7, 11) is 0. The first kappa shape index (κ1) is 30.4. The van der Waals surface area contributed by atoms with Crippen molar-refractivity contribution in [3.05, 3.63) is 77.1 Å². The second-order valence-corrected chi connectivity index (χ2v) is 11.0. The second-order valence-electron chi connectivity index (χ2n) is 11.0. The molecule has 4 rings (SSSR count). The minimum absolute atomic E-state index is 0.00460. The molecule has 2 aromatic rings. The molecule has 0 heterocycles. The topological polar surface area (TPSA) is 18.5 Å². The molecule has 0 aromatic heterocycles. The number of ether oxygens (including phenoxy) is 2. The number of benzene rings is 2. The molecule has 0 amide bonds. The average molecular weight is 573 g/mol. The Morgan fingerprint density at radius 3 is 2.00 bits per heavy atom. The molecule has 2 nitrogen and oxygen atoms in total. The van der Waals surface area contributed by atoms with Gasteiger partial charge < -0.3 is 9.47 Å². The molecule has 0 saturated heterocycles. The van der Waals surface area contributed by atoms with Crippen LogP contribution in [-0.4, -0.2) is 12.2 Å². The van der Waals surface area contributed by atoms with Crippen LogP contribution in [0.4, 0.5) is 30.7 Å². The Bertz CT molecular complexity index is 1110. The molecule has 0 atom stereocenters. The zero-order valence-electron chi connectivity index (χ0n) is 22.5. The van der Waals surface area contributed by atoms with Crippen LogP contribution in [-0.2, 0) is 10.8 Å². The SMILES string of the molecule is CC=CCCC1CCC(C(F)(F)OC2CCC(c3ccc(C(F)(F)Oc4cc(F)c(F)c(F)c4)cc3)CC2)CC1. The van der Waals surface area contributed by atoms with E-state index in [9.17, 15) is 30.7 Å². The predicted molar refractivity (Wildman–Crippen MR) is 138 cm³/mol. The third-order valence-electron chi connectivity index (χ3n) is 8.22. The molecule has 40 heavy (non-hydrogen) atoms. The summed E-state index contributed by atoms with van der Waals surface area (Å²) in [5, 5.41) is 0. The van der Waals surface area contributed by atoms with E-state index in [1.807, 2.05) is 13.0 Å². The lowest BCUT2D eigenvalue weighted by Crippen LogP contribution is -2.39. The fraction of sp³-hybridized carbons (Fsp3) is 0.548. The van der Waals surface area contributed by atoms with Gasteiger partial charge >= 0.3 is 12.2 Å². The van der Waals surface area contributed by atoms with Crippen LogP contribution in [0.1, 0.15) is 88.2 Å². The molecule has 0 radical (unpaired) electrons. The van der Waals surface area contributed by atoms with Gasteiger partial charge in [-0.3, -0.25) is 0 Å². The van der Waals surface area contributed by atoms with Gasteiger partial charge in [0.05, 0.1) is 17.6 Å². The molecular formula is C31H35F7O2. The quantitative estimate of drug-likeness (QED) is 0.160. The van der Waals surface area contributed by atoms with Crippen LogP contribution in [0.25, 0.3) is 0 Å². The molecule has 0 bridgehead atoms. The zero-order valence-corrected chi connectivity index (χ0v) is 22.5. The zero-order chi connectivity index (χ0) is 28.9.